The van der Waals surface area contributed by atoms with Crippen molar-refractivity contribution >= 4 is 23.2 Å². The molecule has 9 nitrogen and oxygen atoms in total. The number of piperidine rings is 1. The third kappa shape index (κ3) is 4.54. The van der Waals surface area contributed by atoms with Crippen molar-refractivity contribution in [2.75, 3.05) is 18.4 Å². The minimum Gasteiger partial charge on any atom is -0.376 e. The molecule has 0 radical (unpaired) electrons. The number of hydrogen-bond donors (Lipinski definition) is 2. The first kappa shape index (κ1) is 17.9. The SMILES string of the molecule is N#C/C(=C/N1CCC(C(N)=O)CC1)C(=O)Nc1ccccc1[N+](=O)[O-]. The van der Waals surface area contributed by atoms with Crippen molar-refractivity contribution in [2.24, 2.45) is 11.7 Å². The first-order valence-electron chi connectivity index (χ1n) is 7.62. The number of primary amides is 1. The normalized spacial score (nSPS) is 15.3. The van der Waals surface area contributed by atoms with Gasteiger partial charge in [0.15, 0.2) is 0 Å². The van der Waals surface area contributed by atoms with Crippen molar-refractivity contribution in [1.29, 1.82) is 5.26 Å². The van der Waals surface area contributed by atoms with Crippen molar-refractivity contribution in [3.63, 3.8) is 0 Å². The minimum atomic E-state index is -0.728. The molecule has 1 aromatic carbocycles. The molecule has 3 N–H and O–H groups in total. The summed E-state index contributed by atoms with van der Waals surface area (Å²) >= 11 is 0. The van der Waals surface area contributed by atoms with Crippen LogP contribution in [0.1, 0.15) is 12.8 Å². The van der Waals surface area contributed by atoms with Crippen LogP contribution in [0.3, 0.4) is 0 Å². The maximum absolute atomic E-state index is 12.2. The number of para-hydroxylation sites is 2. The van der Waals surface area contributed by atoms with Crippen LogP contribution in [0, 0.1) is 27.4 Å². The monoisotopic (exact) mass is 343 g/mol. The van der Waals surface area contributed by atoms with Crippen LogP contribution < -0.4 is 11.1 Å². The molecule has 0 saturated carbocycles. The number of nitrogens with two attached hydrogens (primary N) is 1. The molecule has 0 unspecified atom stereocenters. The number of nitrogens with one attached hydrogen (secondary N) is 1. The lowest BCUT2D eigenvalue weighted by atomic mass is 9.96. The molecule has 2 rings (SSSR count). The Kier molecular flexibility index (Phi) is 5.68. The zero-order valence-electron chi connectivity index (χ0n) is 13.3. The zero-order chi connectivity index (χ0) is 18.4. The number of carbonyl (C=O) groups excluding carboxylic acids is 2. The van der Waals surface area contributed by atoms with Crippen LogP contribution in [0.2, 0.25) is 0 Å². The molecule has 0 aromatic heterocycles. The molecule has 25 heavy (non-hydrogen) atoms. The molecule has 130 valence electrons. The van der Waals surface area contributed by atoms with Crippen LogP contribution in [0.25, 0.3) is 0 Å². The lowest BCUT2D eigenvalue weighted by Gasteiger charge is -2.29. The summed E-state index contributed by atoms with van der Waals surface area (Å²) in [5.41, 5.74) is 4.86. The van der Waals surface area contributed by atoms with Crippen LogP contribution in [-0.2, 0) is 9.59 Å². The number of likely N-dealkylation sites (tertiary alicyclic amines) is 1. The zero-order valence-corrected chi connectivity index (χ0v) is 13.3. The number of nitro benzene ring substituents is 1. The predicted molar refractivity (Wildman–Crippen MR) is 88.9 cm³/mol. The number of carbonyl (C=O) groups is 2. The van der Waals surface area contributed by atoms with Gasteiger partial charge in [-0.25, -0.2) is 0 Å². The molecule has 1 aliphatic rings. The molecular weight excluding hydrogens is 326 g/mol. The fourth-order valence-corrected chi connectivity index (χ4v) is 2.56. The smallest absolute Gasteiger partial charge is 0.292 e. The molecule has 1 aromatic rings. The summed E-state index contributed by atoms with van der Waals surface area (Å²) in [6.07, 6.45) is 2.51. The Bertz CT molecular complexity index is 760. The third-order valence-electron chi connectivity index (χ3n) is 3.96. The van der Waals surface area contributed by atoms with E-state index >= 15 is 0 Å². The van der Waals surface area contributed by atoms with Gasteiger partial charge < -0.3 is 16.0 Å². The average molecular weight is 343 g/mol. The summed E-state index contributed by atoms with van der Waals surface area (Å²) in [5, 5.41) is 22.6. The summed E-state index contributed by atoms with van der Waals surface area (Å²) in [5.74, 6) is -1.27. The maximum atomic E-state index is 12.2. The van der Waals surface area contributed by atoms with Crippen LogP contribution in [-0.4, -0.2) is 34.7 Å². The summed E-state index contributed by atoms with van der Waals surface area (Å²) in [6, 6.07) is 7.49. The van der Waals surface area contributed by atoms with Crippen LogP contribution >= 0.6 is 0 Å². The first-order valence-corrected chi connectivity index (χ1v) is 7.62. The largest absolute Gasteiger partial charge is 0.376 e. The van der Waals surface area contributed by atoms with Crippen molar-refractivity contribution < 1.29 is 14.5 Å². The Morgan fingerprint density at radius 2 is 2.00 bits per heavy atom. The van der Waals surface area contributed by atoms with E-state index in [4.69, 9.17) is 5.73 Å². The molecule has 1 heterocycles. The maximum Gasteiger partial charge on any atom is 0.292 e. The Labute approximate surface area is 143 Å². The molecule has 1 saturated heterocycles. The molecule has 9 heteroatoms. The van der Waals surface area contributed by atoms with Crippen LogP contribution in [0.5, 0.6) is 0 Å². The second kappa shape index (κ2) is 7.92. The van der Waals surface area contributed by atoms with E-state index in [1.54, 1.807) is 17.0 Å². The highest BCUT2D eigenvalue weighted by atomic mass is 16.6. The molecule has 2 amide bonds. The van der Waals surface area contributed by atoms with Gasteiger partial charge >= 0.3 is 0 Å². The summed E-state index contributed by atoms with van der Waals surface area (Å²) in [7, 11) is 0. The quantitative estimate of drug-likeness (QED) is 0.355. The van der Waals surface area contributed by atoms with Gasteiger partial charge in [-0.15, -0.1) is 0 Å². The van der Waals surface area contributed by atoms with Crippen molar-refractivity contribution in [3.05, 3.63) is 46.2 Å². The molecule has 0 spiro atoms. The predicted octanol–water partition coefficient (Wildman–Crippen LogP) is 1.14. The molecule has 0 bridgehead atoms. The van der Waals surface area contributed by atoms with Crippen LogP contribution in [0.15, 0.2) is 36.0 Å². The Morgan fingerprint density at radius 1 is 1.36 bits per heavy atom. The van der Waals surface area contributed by atoms with E-state index in [0.29, 0.717) is 25.9 Å². The summed E-state index contributed by atoms with van der Waals surface area (Å²) in [6.45, 7) is 0.995. The van der Waals surface area contributed by atoms with E-state index in [-0.39, 0.29) is 28.8 Å². The molecular formula is C16H17N5O4. The molecule has 1 fully saturated rings. The standard InChI is InChI=1S/C16H17N5O4/c17-9-12(10-20-7-5-11(6-8-20)15(18)22)16(23)19-13-3-1-2-4-14(13)21(24)25/h1-4,10-11H,5-8H2,(H2,18,22)(H,19,23)/b12-10-. The fraction of sp³-hybridized carbons (Fsp3) is 0.312. The van der Waals surface area contributed by atoms with E-state index in [2.05, 4.69) is 5.32 Å². The minimum absolute atomic E-state index is 0.0195. The lowest BCUT2D eigenvalue weighted by molar-refractivity contribution is -0.383. The van der Waals surface area contributed by atoms with Gasteiger partial charge in [-0.05, 0) is 18.9 Å². The second-order valence-corrected chi connectivity index (χ2v) is 5.60. The highest BCUT2D eigenvalue weighted by molar-refractivity contribution is 6.07. The van der Waals surface area contributed by atoms with Crippen molar-refractivity contribution in [3.8, 4) is 6.07 Å². The van der Waals surface area contributed by atoms with Gasteiger partial charge in [0.05, 0.1) is 4.92 Å². The van der Waals surface area contributed by atoms with E-state index < -0.39 is 10.8 Å². The van der Waals surface area contributed by atoms with Gasteiger partial charge in [-0.1, -0.05) is 12.1 Å². The average Bonchev–Trinajstić information content (AvgIpc) is 2.60. The number of nitrogens with zero attached hydrogens (tertiary/aromatic N) is 3. The van der Waals surface area contributed by atoms with Gasteiger partial charge in [0.1, 0.15) is 17.3 Å². The number of benzene rings is 1. The van der Waals surface area contributed by atoms with Gasteiger partial charge in [-0.2, -0.15) is 5.26 Å². The number of nitriles is 1. The van der Waals surface area contributed by atoms with Gasteiger partial charge in [0, 0.05) is 31.3 Å². The molecule has 0 aliphatic carbocycles. The third-order valence-corrected chi connectivity index (χ3v) is 3.96. The number of hydrogen-bond acceptors (Lipinski definition) is 6. The van der Waals surface area contributed by atoms with Gasteiger partial charge in [-0.3, -0.25) is 19.7 Å². The highest BCUT2D eigenvalue weighted by Crippen LogP contribution is 2.24. The number of nitro groups is 1. The Hall–Kier alpha value is -3.41. The lowest BCUT2D eigenvalue weighted by Crippen LogP contribution is -2.36. The van der Waals surface area contributed by atoms with E-state index in [1.807, 2.05) is 0 Å². The highest BCUT2D eigenvalue weighted by Gasteiger charge is 2.23. The Balaban J connectivity index is 2.08. The van der Waals surface area contributed by atoms with Gasteiger partial charge in [0.2, 0.25) is 5.91 Å². The van der Waals surface area contributed by atoms with Crippen molar-refractivity contribution in [2.45, 2.75) is 12.8 Å². The van der Waals surface area contributed by atoms with Crippen LogP contribution in [0.4, 0.5) is 11.4 Å². The number of rotatable bonds is 5. The first-order chi connectivity index (χ1) is 11.9. The number of amides is 2. The molecule has 0 atom stereocenters. The van der Waals surface area contributed by atoms with E-state index in [0.717, 1.165) is 0 Å². The molecule has 1 aliphatic heterocycles. The fourth-order valence-electron chi connectivity index (χ4n) is 2.56. The summed E-state index contributed by atoms with van der Waals surface area (Å²) < 4.78 is 0. The van der Waals surface area contributed by atoms with Crippen molar-refractivity contribution in [1.82, 2.24) is 4.90 Å². The topological polar surface area (TPSA) is 142 Å². The van der Waals surface area contributed by atoms with Gasteiger partial charge in [0.25, 0.3) is 11.6 Å². The van der Waals surface area contributed by atoms with E-state index in [9.17, 15) is 25.0 Å². The van der Waals surface area contributed by atoms with E-state index in [1.165, 1.54) is 24.4 Å². The Morgan fingerprint density at radius 3 is 2.56 bits per heavy atom. The second-order valence-electron chi connectivity index (χ2n) is 5.60. The number of anilines is 1. The summed E-state index contributed by atoms with van der Waals surface area (Å²) in [4.78, 5) is 35.5.